The minimum absolute atomic E-state index is 0.194. The number of carboxylic acid groups (broad SMARTS) is 1. The molecule has 0 aromatic heterocycles. The van der Waals surface area contributed by atoms with Gasteiger partial charge in [0.2, 0.25) is 5.91 Å². The van der Waals surface area contributed by atoms with E-state index in [0.29, 0.717) is 0 Å². The Hall–Kier alpha value is -2.13. The Kier molecular flexibility index (Phi) is 7.75. The van der Waals surface area contributed by atoms with Gasteiger partial charge in [0.25, 0.3) is 15.9 Å². The van der Waals surface area contributed by atoms with E-state index in [4.69, 9.17) is 14.0 Å². The molecule has 1 aliphatic rings. The first-order valence-electron chi connectivity index (χ1n) is 9.18. The molecule has 1 aliphatic heterocycles. The smallest absolute Gasteiger partial charge is 0.364 e. The highest BCUT2D eigenvalue weighted by atomic mass is 32.2. The summed E-state index contributed by atoms with van der Waals surface area (Å²) >= 11 is 0. The minimum Gasteiger partial charge on any atom is -0.477 e. The van der Waals surface area contributed by atoms with Crippen LogP contribution >= 0.6 is 0 Å². The quantitative estimate of drug-likeness (QED) is 0.230. The van der Waals surface area contributed by atoms with Gasteiger partial charge in [-0.05, 0) is 19.1 Å². The van der Waals surface area contributed by atoms with Crippen molar-refractivity contribution in [2.24, 2.45) is 0 Å². The summed E-state index contributed by atoms with van der Waals surface area (Å²) in [5, 5.41) is 52.4. The monoisotopic (exact) mass is 463 g/mol. The Bertz CT molecular complexity index is 904. The lowest BCUT2D eigenvalue weighted by atomic mass is 9.88. The van der Waals surface area contributed by atoms with Crippen LogP contribution in [0.2, 0.25) is 0 Å². The minimum atomic E-state index is -4.29. The van der Waals surface area contributed by atoms with Gasteiger partial charge in [-0.1, -0.05) is 17.7 Å². The van der Waals surface area contributed by atoms with Crippen molar-refractivity contribution in [3.05, 3.63) is 29.8 Å². The Morgan fingerprint density at radius 2 is 1.87 bits per heavy atom. The van der Waals surface area contributed by atoms with E-state index in [9.17, 15) is 38.4 Å². The molecule has 1 fully saturated rings. The van der Waals surface area contributed by atoms with Crippen LogP contribution in [0.1, 0.15) is 18.9 Å². The lowest BCUT2D eigenvalue weighted by Gasteiger charge is -2.44. The molecule has 6 N–H and O–H groups in total. The van der Waals surface area contributed by atoms with E-state index in [1.165, 1.54) is 24.3 Å². The third kappa shape index (κ3) is 5.98. The summed E-state index contributed by atoms with van der Waals surface area (Å²) in [5.41, 5.74) is 0.803. The van der Waals surface area contributed by atoms with Crippen molar-refractivity contribution < 1.29 is 52.5 Å². The van der Waals surface area contributed by atoms with Gasteiger partial charge in [-0.2, -0.15) is 8.42 Å². The molecule has 174 valence electrons. The van der Waals surface area contributed by atoms with E-state index < -0.39 is 71.3 Å². The van der Waals surface area contributed by atoms with Crippen molar-refractivity contribution in [2.75, 3.05) is 6.61 Å². The molecule has 12 nitrogen and oxygen atoms in total. The molecule has 0 bridgehead atoms. The second-order valence-electron chi connectivity index (χ2n) is 7.28. The van der Waals surface area contributed by atoms with E-state index in [1.807, 2.05) is 0 Å². The standard InChI is InChI=1S/C18H25NO11S/c1-9-3-5-11(6-4-9)31(27,28)29-8-13(22)15(23)16-14(19-10(2)20)12(21)7-18(26,30-16)17(24)25/h3-6,12-16,21-23,26H,7-8H2,1-2H3,(H,19,20)(H,24,25)/t12-,13-,14-,15-,16?,18+/m1/s1. The third-order valence-corrected chi connectivity index (χ3v) is 6.02. The zero-order valence-corrected chi connectivity index (χ0v) is 17.5. The van der Waals surface area contributed by atoms with Crippen LogP contribution in [0.3, 0.4) is 0 Å². The van der Waals surface area contributed by atoms with Gasteiger partial charge in [0.15, 0.2) is 0 Å². The maximum absolute atomic E-state index is 12.2. The SMILES string of the molecule is CC(=O)N[C@H]1C([C@H](O)[C@H](O)COS(=O)(=O)c2ccc(C)cc2)O[C@](O)(C(=O)O)C[C@H]1O. The number of amides is 1. The molecule has 1 aromatic carbocycles. The van der Waals surface area contributed by atoms with Gasteiger partial charge in [0.05, 0.1) is 23.6 Å². The number of nitrogens with one attached hydrogen (secondary N) is 1. The van der Waals surface area contributed by atoms with Crippen LogP contribution in [-0.2, 0) is 28.6 Å². The Morgan fingerprint density at radius 1 is 1.29 bits per heavy atom. The lowest BCUT2D eigenvalue weighted by Crippen LogP contribution is -2.67. The number of ether oxygens (including phenoxy) is 1. The van der Waals surface area contributed by atoms with E-state index in [1.54, 1.807) is 6.92 Å². The van der Waals surface area contributed by atoms with Crippen molar-refractivity contribution in [1.29, 1.82) is 0 Å². The van der Waals surface area contributed by atoms with Gasteiger partial charge in [0.1, 0.15) is 18.3 Å². The van der Waals surface area contributed by atoms with Crippen molar-refractivity contribution in [3.63, 3.8) is 0 Å². The average molecular weight is 463 g/mol. The number of hydrogen-bond acceptors (Lipinski definition) is 10. The van der Waals surface area contributed by atoms with E-state index in [-0.39, 0.29) is 4.90 Å². The Labute approximate surface area is 178 Å². The predicted molar refractivity (Wildman–Crippen MR) is 102 cm³/mol. The first kappa shape index (κ1) is 25.1. The average Bonchev–Trinajstić information content (AvgIpc) is 2.67. The molecule has 0 spiro atoms. The fourth-order valence-electron chi connectivity index (χ4n) is 3.06. The highest BCUT2D eigenvalue weighted by Crippen LogP contribution is 2.30. The van der Waals surface area contributed by atoms with Crippen LogP contribution in [0, 0.1) is 6.92 Å². The van der Waals surface area contributed by atoms with E-state index in [2.05, 4.69) is 5.32 Å². The largest absolute Gasteiger partial charge is 0.477 e. The second kappa shape index (κ2) is 9.56. The van der Waals surface area contributed by atoms with Gasteiger partial charge in [-0.15, -0.1) is 0 Å². The van der Waals surface area contributed by atoms with Crippen LogP contribution in [0.15, 0.2) is 29.2 Å². The number of carbonyl (C=O) groups excluding carboxylic acids is 1. The molecule has 2 rings (SSSR count). The molecule has 1 saturated heterocycles. The fraction of sp³-hybridized carbons (Fsp3) is 0.556. The van der Waals surface area contributed by atoms with E-state index in [0.717, 1.165) is 12.5 Å². The summed E-state index contributed by atoms with van der Waals surface area (Å²) in [5.74, 6) is -5.44. The maximum Gasteiger partial charge on any atom is 0.364 e. The number of benzene rings is 1. The van der Waals surface area contributed by atoms with E-state index >= 15 is 0 Å². The lowest BCUT2D eigenvalue weighted by molar-refractivity contribution is -0.294. The van der Waals surface area contributed by atoms with Gasteiger partial charge in [0, 0.05) is 13.3 Å². The van der Waals surface area contributed by atoms with Gasteiger partial charge in [-0.3, -0.25) is 8.98 Å². The van der Waals surface area contributed by atoms with Crippen LogP contribution in [0.4, 0.5) is 0 Å². The third-order valence-electron chi connectivity index (χ3n) is 4.72. The predicted octanol–water partition coefficient (Wildman–Crippen LogP) is -2.15. The molecule has 1 heterocycles. The number of aliphatic hydroxyl groups excluding tert-OH is 3. The molecular formula is C18H25NO11S. The number of carbonyl (C=O) groups is 2. The van der Waals surface area contributed by atoms with Gasteiger partial charge in [-0.25, -0.2) is 4.79 Å². The van der Waals surface area contributed by atoms with Gasteiger partial charge >= 0.3 is 5.97 Å². The van der Waals surface area contributed by atoms with Crippen molar-refractivity contribution in [2.45, 2.75) is 61.4 Å². The Morgan fingerprint density at radius 3 is 2.39 bits per heavy atom. The summed E-state index contributed by atoms with van der Waals surface area (Å²) in [6, 6.07) is 4.23. The molecule has 0 saturated carbocycles. The summed E-state index contributed by atoms with van der Waals surface area (Å²) in [6.07, 6.45) is -8.31. The molecule has 1 aromatic rings. The highest BCUT2D eigenvalue weighted by molar-refractivity contribution is 7.86. The first-order valence-corrected chi connectivity index (χ1v) is 10.6. The van der Waals surface area contributed by atoms with Crippen LogP contribution in [0.25, 0.3) is 0 Å². The van der Waals surface area contributed by atoms with Crippen LogP contribution in [0.5, 0.6) is 0 Å². The van der Waals surface area contributed by atoms with Crippen molar-refractivity contribution in [3.8, 4) is 0 Å². The Balaban J connectivity index is 2.17. The maximum atomic E-state index is 12.2. The number of carboxylic acids is 1. The summed E-state index contributed by atoms with van der Waals surface area (Å²) in [7, 11) is -4.29. The van der Waals surface area contributed by atoms with Gasteiger partial charge < -0.3 is 35.6 Å². The molecule has 6 atom stereocenters. The van der Waals surface area contributed by atoms with Crippen LogP contribution in [-0.4, -0.2) is 88.7 Å². The zero-order valence-electron chi connectivity index (χ0n) is 16.7. The summed E-state index contributed by atoms with van der Waals surface area (Å²) < 4.78 is 34.2. The molecular weight excluding hydrogens is 438 g/mol. The number of rotatable bonds is 8. The molecule has 1 amide bonds. The number of aliphatic carboxylic acids is 1. The first-order chi connectivity index (χ1) is 14.3. The molecule has 0 aliphatic carbocycles. The fourth-order valence-corrected chi connectivity index (χ4v) is 3.98. The number of aryl methyl sites for hydroxylation is 1. The molecule has 31 heavy (non-hydrogen) atoms. The summed E-state index contributed by atoms with van der Waals surface area (Å²) in [6.45, 7) is 1.88. The second-order valence-corrected chi connectivity index (χ2v) is 8.89. The van der Waals surface area contributed by atoms with Crippen LogP contribution < -0.4 is 5.32 Å². The number of aliphatic hydroxyl groups is 4. The molecule has 1 unspecified atom stereocenters. The topological polar surface area (TPSA) is 200 Å². The van der Waals surface area contributed by atoms with Crippen molar-refractivity contribution >= 4 is 22.0 Å². The number of hydrogen-bond donors (Lipinski definition) is 6. The summed E-state index contributed by atoms with van der Waals surface area (Å²) in [4.78, 5) is 22.5. The normalized spacial score (nSPS) is 28.5. The highest BCUT2D eigenvalue weighted by Gasteiger charge is 2.54. The zero-order chi connectivity index (χ0) is 23.6. The van der Waals surface area contributed by atoms with Crippen molar-refractivity contribution in [1.82, 2.24) is 5.32 Å². The molecule has 13 heteroatoms. The molecule has 0 radical (unpaired) electrons.